The molecule has 0 heterocycles. The van der Waals surface area contributed by atoms with Crippen molar-refractivity contribution >= 4 is 39.8 Å². The summed E-state index contributed by atoms with van der Waals surface area (Å²) in [5.74, 6) is 0. The van der Waals surface area contributed by atoms with Gasteiger partial charge in [-0.05, 0) is 0 Å². The summed E-state index contributed by atoms with van der Waals surface area (Å²) in [6.07, 6.45) is 0. The van der Waals surface area contributed by atoms with E-state index in [1.807, 2.05) is 18.2 Å². The molecule has 5 heteroatoms. The molecule has 2 N–H and O–H groups in total. The van der Waals surface area contributed by atoms with Crippen LogP contribution >= 0.6 is 0 Å². The summed E-state index contributed by atoms with van der Waals surface area (Å²) in [5, 5.41) is 6.98. The van der Waals surface area contributed by atoms with Crippen LogP contribution < -0.4 is 9.49 Å². The Labute approximate surface area is 106 Å². The first-order chi connectivity index (χ1) is 7.91. The van der Waals surface area contributed by atoms with Crippen molar-refractivity contribution in [1.82, 2.24) is 0 Å². The van der Waals surface area contributed by atoms with Gasteiger partial charge in [0.05, 0.1) is 0 Å². The van der Waals surface area contributed by atoms with Gasteiger partial charge >= 0.3 is 106 Å². The number of nitrogens with two attached hydrogens (primary N) is 1. The van der Waals surface area contributed by atoms with Gasteiger partial charge in [-0.1, -0.05) is 0 Å². The van der Waals surface area contributed by atoms with E-state index in [1.165, 1.54) is 4.35 Å². The quantitative estimate of drug-likeness (QED) is 0.853. The molecule has 0 aliphatic rings. The third-order valence-electron chi connectivity index (χ3n) is 2.65. The van der Waals surface area contributed by atoms with Crippen molar-refractivity contribution < 1.29 is 8.42 Å². The first-order valence-corrected chi connectivity index (χ1v) is 11.4. The van der Waals surface area contributed by atoms with E-state index in [-0.39, 0.29) is 4.90 Å². The number of primary sulfonamides is 1. The number of rotatable bonds is 2. The summed E-state index contributed by atoms with van der Waals surface area (Å²) in [7, 11) is -3.66. The fourth-order valence-electron chi connectivity index (χ4n) is 1.90. The average molecular weight is 311 g/mol. The normalized spacial score (nSPS) is 12.2. The van der Waals surface area contributed by atoms with Gasteiger partial charge in [-0.3, -0.25) is 0 Å². The van der Waals surface area contributed by atoms with E-state index < -0.39 is 24.7 Å². The molecule has 0 saturated heterocycles. The van der Waals surface area contributed by atoms with Crippen LogP contribution in [0, 0.1) is 0 Å². The molecule has 2 aromatic rings. The van der Waals surface area contributed by atoms with Crippen LogP contribution in [0.3, 0.4) is 0 Å². The molecule has 0 fully saturated rings. The average Bonchev–Trinajstić information content (AvgIpc) is 2.26. The van der Waals surface area contributed by atoms with E-state index in [2.05, 4.69) is 17.5 Å². The SMILES string of the molecule is C[As](C)c1cccc2c(S(N)(=O)=O)cccc12. The van der Waals surface area contributed by atoms with Gasteiger partial charge in [-0.25, -0.2) is 0 Å². The number of hydrogen-bond acceptors (Lipinski definition) is 2. The Kier molecular flexibility index (Phi) is 3.30. The molecule has 3 nitrogen and oxygen atoms in total. The Morgan fingerprint density at radius 2 is 1.59 bits per heavy atom. The maximum atomic E-state index is 11.5. The van der Waals surface area contributed by atoms with E-state index >= 15 is 0 Å². The Hall–Kier alpha value is -0.832. The van der Waals surface area contributed by atoms with Crippen molar-refractivity contribution in [2.75, 3.05) is 0 Å². The van der Waals surface area contributed by atoms with Gasteiger partial charge in [0, 0.05) is 0 Å². The first kappa shape index (κ1) is 12.6. The molecule has 90 valence electrons. The number of sulfonamides is 1. The molecule has 0 atom stereocenters. The fraction of sp³-hybridized carbons (Fsp3) is 0.167. The van der Waals surface area contributed by atoms with Gasteiger partial charge in [0.25, 0.3) is 0 Å². The maximum absolute atomic E-state index is 11.5. The Balaban J connectivity index is 2.89. The van der Waals surface area contributed by atoms with E-state index in [1.54, 1.807) is 12.1 Å². The van der Waals surface area contributed by atoms with Crippen LogP contribution in [0.15, 0.2) is 41.3 Å². The van der Waals surface area contributed by atoms with E-state index in [4.69, 9.17) is 5.14 Å². The third kappa shape index (κ3) is 2.39. The van der Waals surface area contributed by atoms with Gasteiger partial charge in [0.1, 0.15) is 0 Å². The molecular weight excluding hydrogens is 297 g/mol. The summed E-state index contributed by atoms with van der Waals surface area (Å²) >= 11 is -1.06. The summed E-state index contributed by atoms with van der Waals surface area (Å²) in [6, 6.07) is 11.1. The second-order valence-electron chi connectivity index (χ2n) is 4.07. The van der Waals surface area contributed by atoms with Crippen LogP contribution in [-0.4, -0.2) is 23.1 Å². The van der Waals surface area contributed by atoms with Crippen molar-refractivity contribution in [3.05, 3.63) is 36.4 Å². The summed E-state index contributed by atoms with van der Waals surface area (Å²) in [6.45, 7) is 0. The van der Waals surface area contributed by atoms with Crippen molar-refractivity contribution in [3.63, 3.8) is 0 Å². The van der Waals surface area contributed by atoms with E-state index in [9.17, 15) is 8.42 Å². The molecule has 0 aliphatic heterocycles. The van der Waals surface area contributed by atoms with Gasteiger partial charge in [-0.15, -0.1) is 0 Å². The minimum absolute atomic E-state index is 0.215. The van der Waals surface area contributed by atoms with Crippen LogP contribution in [0.25, 0.3) is 10.8 Å². The Morgan fingerprint density at radius 3 is 2.18 bits per heavy atom. The number of fused-ring (bicyclic) bond motifs is 1. The van der Waals surface area contributed by atoms with Crippen molar-refractivity contribution in [2.24, 2.45) is 5.14 Å². The predicted octanol–water partition coefficient (Wildman–Crippen LogP) is 1.45. The zero-order valence-electron chi connectivity index (χ0n) is 9.71. The van der Waals surface area contributed by atoms with Crippen LogP contribution in [0.1, 0.15) is 0 Å². The monoisotopic (exact) mass is 311 g/mol. The summed E-state index contributed by atoms with van der Waals surface area (Å²) < 4.78 is 24.3. The molecule has 0 aromatic heterocycles. The van der Waals surface area contributed by atoms with Gasteiger partial charge < -0.3 is 0 Å². The predicted molar refractivity (Wildman–Crippen MR) is 72.4 cm³/mol. The zero-order chi connectivity index (χ0) is 12.6. The minimum atomic E-state index is -3.66. The number of benzene rings is 2. The molecule has 0 bridgehead atoms. The van der Waals surface area contributed by atoms with E-state index in [0.29, 0.717) is 0 Å². The molecule has 0 aliphatic carbocycles. The van der Waals surface area contributed by atoms with E-state index in [0.717, 1.165) is 10.8 Å². The molecule has 0 spiro atoms. The molecule has 2 rings (SSSR count). The second kappa shape index (κ2) is 4.45. The van der Waals surface area contributed by atoms with Crippen LogP contribution in [0.4, 0.5) is 0 Å². The van der Waals surface area contributed by atoms with Crippen molar-refractivity contribution in [1.29, 1.82) is 0 Å². The first-order valence-electron chi connectivity index (χ1n) is 5.13. The molecule has 17 heavy (non-hydrogen) atoms. The van der Waals surface area contributed by atoms with Crippen molar-refractivity contribution in [3.8, 4) is 0 Å². The molecule has 0 amide bonds. The standard InChI is InChI=1S/C12H14AsNO2S/c1-13(2)11-7-3-6-10-9(11)5-4-8-12(10)17(14,15)16/h3-8H,1-2H3,(H2,14,15,16). The number of hydrogen-bond donors (Lipinski definition) is 1. The summed E-state index contributed by atoms with van der Waals surface area (Å²) in [4.78, 5) is 0.215. The second-order valence-corrected chi connectivity index (χ2v) is 10.4. The van der Waals surface area contributed by atoms with Gasteiger partial charge in [-0.2, -0.15) is 0 Å². The molecule has 2 aromatic carbocycles. The van der Waals surface area contributed by atoms with Crippen molar-refractivity contribution in [2.45, 2.75) is 16.3 Å². The fourth-order valence-corrected chi connectivity index (χ4v) is 4.88. The summed E-state index contributed by atoms with van der Waals surface area (Å²) in [5.41, 5.74) is 4.46. The third-order valence-corrected chi connectivity index (χ3v) is 6.46. The molecule has 0 radical (unpaired) electrons. The topological polar surface area (TPSA) is 60.2 Å². The van der Waals surface area contributed by atoms with Crippen LogP contribution in [0.5, 0.6) is 0 Å². The van der Waals surface area contributed by atoms with Crippen LogP contribution in [0.2, 0.25) is 11.4 Å². The Morgan fingerprint density at radius 1 is 1.00 bits per heavy atom. The zero-order valence-corrected chi connectivity index (χ0v) is 12.4. The Bertz CT molecular complexity index is 665. The molecule has 0 unspecified atom stereocenters. The van der Waals surface area contributed by atoms with Gasteiger partial charge in [0.15, 0.2) is 0 Å². The molecular formula is C12H14AsNO2S. The van der Waals surface area contributed by atoms with Gasteiger partial charge in [0.2, 0.25) is 0 Å². The van der Waals surface area contributed by atoms with Crippen LogP contribution in [-0.2, 0) is 10.0 Å². The molecule has 0 saturated carbocycles.